The number of carbonyl (C=O) groups excluding carboxylic acids is 1. The highest BCUT2D eigenvalue weighted by atomic mass is 35.5. The van der Waals surface area contributed by atoms with Crippen LogP contribution in [0.1, 0.15) is 38.5 Å². The maximum absolute atomic E-state index is 12.8. The van der Waals surface area contributed by atoms with Crippen molar-refractivity contribution in [1.29, 1.82) is 0 Å². The standard InChI is InChI=1S/C24H29N3O2.ClH/c28-23(26-16-15-25-18-9-3-1-2-4-10-18)17-27-21-13-7-5-11-19(21)24(29)20-12-6-8-14-22(20)27;/h5-8,11-14,18,25H,1-4,9-10,15-17H2,(H,26,28);1H. The van der Waals surface area contributed by atoms with E-state index in [1.165, 1.54) is 38.5 Å². The molecular formula is C24H30ClN3O2. The Morgan fingerprint density at radius 3 is 2.03 bits per heavy atom. The second-order valence-electron chi connectivity index (χ2n) is 7.94. The van der Waals surface area contributed by atoms with Crippen molar-refractivity contribution in [1.82, 2.24) is 15.2 Å². The summed E-state index contributed by atoms with van der Waals surface area (Å²) >= 11 is 0. The van der Waals surface area contributed by atoms with E-state index in [4.69, 9.17) is 0 Å². The molecule has 0 aliphatic heterocycles. The number of nitrogens with zero attached hydrogens (tertiary/aromatic N) is 1. The van der Waals surface area contributed by atoms with Crippen molar-refractivity contribution in [2.45, 2.75) is 51.1 Å². The van der Waals surface area contributed by atoms with Gasteiger partial charge in [0.2, 0.25) is 5.91 Å². The number of para-hydroxylation sites is 2. The molecule has 1 saturated carbocycles. The van der Waals surface area contributed by atoms with E-state index in [-0.39, 0.29) is 30.3 Å². The summed E-state index contributed by atoms with van der Waals surface area (Å²) in [6, 6.07) is 15.6. The number of carbonyl (C=O) groups is 1. The minimum absolute atomic E-state index is 0. The minimum Gasteiger partial charge on any atom is -0.353 e. The van der Waals surface area contributed by atoms with Crippen molar-refractivity contribution in [3.05, 3.63) is 58.8 Å². The molecule has 2 aromatic carbocycles. The van der Waals surface area contributed by atoms with E-state index in [1.54, 1.807) is 0 Å². The summed E-state index contributed by atoms with van der Waals surface area (Å²) in [4.78, 5) is 25.4. The SMILES string of the molecule is Cl.O=C(Cn1c2ccccc2c(=O)c2ccccc21)NCCNC1CCCCCC1. The van der Waals surface area contributed by atoms with Crippen molar-refractivity contribution in [2.75, 3.05) is 13.1 Å². The van der Waals surface area contributed by atoms with E-state index in [1.807, 2.05) is 53.1 Å². The fourth-order valence-corrected chi connectivity index (χ4v) is 4.41. The summed E-state index contributed by atoms with van der Waals surface area (Å²) in [5.41, 5.74) is 1.60. The van der Waals surface area contributed by atoms with Gasteiger partial charge in [-0.2, -0.15) is 0 Å². The second kappa shape index (κ2) is 10.6. The number of halogens is 1. The van der Waals surface area contributed by atoms with E-state index < -0.39 is 0 Å². The maximum Gasteiger partial charge on any atom is 0.240 e. The Bertz CT molecular complexity index is 995. The van der Waals surface area contributed by atoms with Crippen molar-refractivity contribution >= 4 is 40.1 Å². The van der Waals surface area contributed by atoms with Crippen LogP contribution in [0.2, 0.25) is 0 Å². The van der Waals surface area contributed by atoms with E-state index in [0.717, 1.165) is 17.6 Å². The first kappa shape index (κ1) is 22.3. The summed E-state index contributed by atoms with van der Waals surface area (Å²) in [7, 11) is 0. The number of amides is 1. The number of hydrogen-bond donors (Lipinski definition) is 2. The smallest absolute Gasteiger partial charge is 0.240 e. The summed E-state index contributed by atoms with van der Waals surface area (Å²) in [5.74, 6) is -0.0355. The van der Waals surface area contributed by atoms with Gasteiger partial charge in [0.25, 0.3) is 0 Å². The zero-order chi connectivity index (χ0) is 20.1. The molecule has 1 aromatic heterocycles. The van der Waals surface area contributed by atoms with Crippen LogP contribution in [0.3, 0.4) is 0 Å². The maximum atomic E-state index is 12.8. The summed E-state index contributed by atoms with van der Waals surface area (Å²) in [5, 5.41) is 7.91. The molecule has 1 fully saturated rings. The van der Waals surface area contributed by atoms with Crippen LogP contribution in [0.4, 0.5) is 0 Å². The molecule has 1 aliphatic carbocycles. The molecule has 0 radical (unpaired) electrons. The van der Waals surface area contributed by atoms with Crippen LogP contribution in [-0.2, 0) is 11.3 Å². The Hall–Kier alpha value is -2.37. The van der Waals surface area contributed by atoms with Crippen molar-refractivity contribution in [2.24, 2.45) is 0 Å². The predicted molar refractivity (Wildman–Crippen MR) is 125 cm³/mol. The van der Waals surface area contributed by atoms with Crippen LogP contribution in [0.15, 0.2) is 53.3 Å². The Kier molecular flexibility index (Phi) is 7.88. The normalized spacial score (nSPS) is 14.9. The van der Waals surface area contributed by atoms with Gasteiger partial charge in [0.1, 0.15) is 6.54 Å². The predicted octanol–water partition coefficient (Wildman–Crippen LogP) is 4.01. The number of benzene rings is 2. The van der Waals surface area contributed by atoms with Gasteiger partial charge < -0.3 is 15.2 Å². The highest BCUT2D eigenvalue weighted by Crippen LogP contribution is 2.19. The summed E-state index contributed by atoms with van der Waals surface area (Å²) in [6.45, 7) is 1.61. The fraction of sp³-hybridized carbons (Fsp3) is 0.417. The first-order valence-electron chi connectivity index (χ1n) is 10.7. The average Bonchev–Trinajstić information content (AvgIpc) is 3.03. The van der Waals surface area contributed by atoms with Gasteiger partial charge in [0, 0.05) is 29.9 Å². The van der Waals surface area contributed by atoms with Gasteiger partial charge in [-0.1, -0.05) is 49.9 Å². The number of nitrogens with one attached hydrogen (secondary N) is 2. The highest BCUT2D eigenvalue weighted by Gasteiger charge is 2.13. The lowest BCUT2D eigenvalue weighted by molar-refractivity contribution is -0.121. The minimum atomic E-state index is -0.0355. The Balaban J connectivity index is 0.00000256. The van der Waals surface area contributed by atoms with Gasteiger partial charge in [-0.15, -0.1) is 12.4 Å². The second-order valence-corrected chi connectivity index (χ2v) is 7.94. The van der Waals surface area contributed by atoms with Crippen molar-refractivity contribution in [3.8, 4) is 0 Å². The van der Waals surface area contributed by atoms with Crippen LogP contribution in [0.25, 0.3) is 21.8 Å². The quantitative estimate of drug-likeness (QED) is 0.355. The zero-order valence-corrected chi connectivity index (χ0v) is 18.0. The Morgan fingerprint density at radius 1 is 0.867 bits per heavy atom. The van der Waals surface area contributed by atoms with Crippen molar-refractivity contribution < 1.29 is 4.79 Å². The van der Waals surface area contributed by atoms with Crippen LogP contribution >= 0.6 is 12.4 Å². The summed E-state index contributed by atoms with van der Waals surface area (Å²) in [6.07, 6.45) is 7.77. The monoisotopic (exact) mass is 427 g/mol. The molecule has 6 heteroatoms. The Morgan fingerprint density at radius 2 is 1.43 bits per heavy atom. The number of hydrogen-bond acceptors (Lipinski definition) is 3. The fourth-order valence-electron chi connectivity index (χ4n) is 4.41. The van der Waals surface area contributed by atoms with E-state index in [9.17, 15) is 9.59 Å². The van der Waals surface area contributed by atoms with Crippen LogP contribution in [-0.4, -0.2) is 29.6 Å². The molecule has 3 aromatic rings. The van der Waals surface area contributed by atoms with Gasteiger partial charge >= 0.3 is 0 Å². The molecule has 4 rings (SSSR count). The van der Waals surface area contributed by atoms with Crippen LogP contribution < -0.4 is 16.1 Å². The van der Waals surface area contributed by atoms with E-state index in [2.05, 4.69) is 10.6 Å². The number of rotatable bonds is 6. The molecule has 160 valence electrons. The molecule has 1 aliphatic rings. The van der Waals surface area contributed by atoms with Gasteiger partial charge in [-0.3, -0.25) is 9.59 Å². The summed E-state index contributed by atoms with van der Waals surface area (Å²) < 4.78 is 1.94. The molecule has 0 bridgehead atoms. The third-order valence-corrected chi connectivity index (χ3v) is 5.92. The topological polar surface area (TPSA) is 63.1 Å². The third kappa shape index (κ3) is 5.02. The van der Waals surface area contributed by atoms with Crippen LogP contribution in [0, 0.1) is 0 Å². The molecule has 0 saturated heterocycles. The molecule has 0 atom stereocenters. The number of pyridine rings is 1. The largest absolute Gasteiger partial charge is 0.353 e. The first-order chi connectivity index (χ1) is 14.2. The van der Waals surface area contributed by atoms with Gasteiger partial charge in [-0.05, 0) is 37.1 Å². The van der Waals surface area contributed by atoms with E-state index in [0.29, 0.717) is 23.4 Å². The van der Waals surface area contributed by atoms with Gasteiger partial charge in [-0.25, -0.2) is 0 Å². The van der Waals surface area contributed by atoms with Gasteiger partial charge in [0.15, 0.2) is 5.43 Å². The lowest BCUT2D eigenvalue weighted by atomic mass is 10.1. The molecule has 5 nitrogen and oxygen atoms in total. The molecule has 0 unspecified atom stereocenters. The van der Waals surface area contributed by atoms with Gasteiger partial charge in [0.05, 0.1) is 11.0 Å². The lowest BCUT2D eigenvalue weighted by Crippen LogP contribution is -2.38. The molecular weight excluding hydrogens is 398 g/mol. The van der Waals surface area contributed by atoms with Crippen LogP contribution in [0.5, 0.6) is 0 Å². The van der Waals surface area contributed by atoms with Crippen molar-refractivity contribution in [3.63, 3.8) is 0 Å². The first-order valence-corrected chi connectivity index (χ1v) is 10.7. The number of aromatic nitrogens is 1. The lowest BCUT2D eigenvalue weighted by Gasteiger charge is -2.17. The molecule has 1 amide bonds. The Labute approximate surface area is 183 Å². The molecule has 30 heavy (non-hydrogen) atoms. The molecule has 2 N–H and O–H groups in total. The zero-order valence-electron chi connectivity index (χ0n) is 17.2. The highest BCUT2D eigenvalue weighted by molar-refractivity contribution is 5.94. The van der Waals surface area contributed by atoms with E-state index >= 15 is 0 Å². The average molecular weight is 428 g/mol. The molecule has 0 spiro atoms. The molecule has 1 heterocycles. The third-order valence-electron chi connectivity index (χ3n) is 5.92. The number of fused-ring (bicyclic) bond motifs is 2.